The van der Waals surface area contributed by atoms with Gasteiger partial charge < -0.3 is 4.90 Å². The van der Waals surface area contributed by atoms with Crippen molar-refractivity contribution < 1.29 is 8.42 Å². The molecule has 1 saturated heterocycles. The maximum Gasteiger partial charge on any atom is 0.250 e. The monoisotopic (exact) mass is 400 g/mol. The van der Waals surface area contributed by atoms with Gasteiger partial charge in [-0.15, -0.1) is 11.3 Å². The summed E-state index contributed by atoms with van der Waals surface area (Å²) < 4.78 is 28.1. The third-order valence-electron chi connectivity index (χ3n) is 3.22. The average Bonchev–Trinajstić information content (AvgIpc) is 2.71. The predicted octanol–water partition coefficient (Wildman–Crippen LogP) is 3.32. The molecule has 0 aliphatic carbocycles. The molecule has 1 aliphatic heterocycles. The largest absolute Gasteiger partial charge is 0.302 e. The fourth-order valence-electron chi connectivity index (χ4n) is 2.35. The summed E-state index contributed by atoms with van der Waals surface area (Å²) in [6.45, 7) is 4.76. The lowest BCUT2D eigenvalue weighted by atomic mass is 10.1. The van der Waals surface area contributed by atoms with E-state index in [1.165, 1.54) is 25.3 Å². The second-order valence-corrected chi connectivity index (χ2v) is 9.79. The molecule has 1 N–H and O–H groups in total. The molecule has 0 amide bonds. The van der Waals surface area contributed by atoms with Crippen molar-refractivity contribution in [2.75, 3.05) is 19.6 Å². The molecule has 0 aromatic carbocycles. The standard InChI is InChI=1S/C12H18BrClN2O2S2/c1-9(8-16-5-3-2-4-6-16)15-20(17,18)11-7-10(14)12(13)19-11/h7,9,15H,2-6,8H2,1H3. The number of hydrogen-bond donors (Lipinski definition) is 1. The van der Waals surface area contributed by atoms with Gasteiger partial charge in [0.2, 0.25) is 10.0 Å². The van der Waals surface area contributed by atoms with Crippen molar-refractivity contribution in [2.24, 2.45) is 0 Å². The van der Waals surface area contributed by atoms with Crippen LogP contribution < -0.4 is 4.72 Å². The second kappa shape index (κ2) is 7.07. The van der Waals surface area contributed by atoms with E-state index in [4.69, 9.17) is 11.6 Å². The third kappa shape index (κ3) is 4.42. The van der Waals surface area contributed by atoms with Crippen molar-refractivity contribution in [3.05, 3.63) is 14.9 Å². The molecule has 1 aliphatic rings. The van der Waals surface area contributed by atoms with E-state index < -0.39 is 10.0 Å². The number of thiophene rings is 1. The van der Waals surface area contributed by atoms with E-state index in [-0.39, 0.29) is 10.3 Å². The Morgan fingerprint density at radius 2 is 2.10 bits per heavy atom. The van der Waals surface area contributed by atoms with Gasteiger partial charge in [-0.1, -0.05) is 18.0 Å². The van der Waals surface area contributed by atoms with E-state index in [0.29, 0.717) is 8.81 Å². The molecule has 0 saturated carbocycles. The van der Waals surface area contributed by atoms with Gasteiger partial charge >= 0.3 is 0 Å². The molecule has 114 valence electrons. The lowest BCUT2D eigenvalue weighted by Gasteiger charge is -2.29. The molecule has 1 atom stereocenters. The molecule has 1 aromatic rings. The second-order valence-electron chi connectivity index (χ2n) is 5.07. The highest BCUT2D eigenvalue weighted by molar-refractivity contribution is 9.11. The van der Waals surface area contributed by atoms with Gasteiger partial charge in [0.05, 0.1) is 8.81 Å². The number of nitrogens with one attached hydrogen (secondary N) is 1. The maximum atomic E-state index is 12.3. The summed E-state index contributed by atoms with van der Waals surface area (Å²) >= 11 is 10.3. The van der Waals surface area contributed by atoms with Crippen LogP contribution in [0.5, 0.6) is 0 Å². The number of piperidine rings is 1. The highest BCUT2D eigenvalue weighted by atomic mass is 79.9. The van der Waals surface area contributed by atoms with Crippen LogP contribution in [0.4, 0.5) is 0 Å². The Morgan fingerprint density at radius 3 is 2.65 bits per heavy atom. The highest BCUT2D eigenvalue weighted by Gasteiger charge is 2.22. The molecule has 2 rings (SSSR count). The van der Waals surface area contributed by atoms with Crippen LogP contribution in [0.15, 0.2) is 14.1 Å². The first-order chi connectivity index (χ1) is 9.38. The molecule has 0 spiro atoms. The Balaban J connectivity index is 1.96. The van der Waals surface area contributed by atoms with Crippen LogP contribution in [-0.2, 0) is 10.0 Å². The van der Waals surface area contributed by atoms with Gasteiger partial charge in [0.15, 0.2) is 0 Å². The number of rotatable bonds is 5. The SMILES string of the molecule is CC(CN1CCCCC1)NS(=O)(=O)c1cc(Cl)c(Br)s1. The van der Waals surface area contributed by atoms with E-state index in [0.717, 1.165) is 31.0 Å². The van der Waals surface area contributed by atoms with Crippen molar-refractivity contribution in [3.63, 3.8) is 0 Å². The minimum atomic E-state index is -3.48. The Labute approximate surface area is 137 Å². The zero-order valence-corrected chi connectivity index (χ0v) is 15.2. The smallest absolute Gasteiger partial charge is 0.250 e. The van der Waals surface area contributed by atoms with Crippen molar-refractivity contribution in [3.8, 4) is 0 Å². The summed E-state index contributed by atoms with van der Waals surface area (Å²) in [4.78, 5) is 2.31. The number of halogens is 2. The van der Waals surface area contributed by atoms with E-state index in [1.54, 1.807) is 0 Å². The average molecular weight is 402 g/mol. The van der Waals surface area contributed by atoms with E-state index in [2.05, 4.69) is 25.6 Å². The molecule has 0 bridgehead atoms. The molecule has 2 heterocycles. The summed E-state index contributed by atoms with van der Waals surface area (Å²) in [5.41, 5.74) is 0. The number of nitrogens with zero attached hydrogens (tertiary/aromatic N) is 1. The fourth-order valence-corrected chi connectivity index (χ4v) is 6.00. The molecule has 8 heteroatoms. The van der Waals surface area contributed by atoms with Crippen molar-refractivity contribution in [1.29, 1.82) is 0 Å². The Morgan fingerprint density at radius 1 is 1.45 bits per heavy atom. The summed E-state index contributed by atoms with van der Waals surface area (Å²) in [7, 11) is -3.48. The summed E-state index contributed by atoms with van der Waals surface area (Å²) in [6.07, 6.45) is 3.68. The lowest BCUT2D eigenvalue weighted by Crippen LogP contribution is -2.43. The highest BCUT2D eigenvalue weighted by Crippen LogP contribution is 2.34. The maximum absolute atomic E-state index is 12.3. The van der Waals surface area contributed by atoms with Crippen LogP contribution in [0.25, 0.3) is 0 Å². The molecular formula is C12H18BrClN2O2S2. The Kier molecular flexibility index (Phi) is 5.90. The lowest BCUT2D eigenvalue weighted by molar-refractivity contribution is 0.215. The first kappa shape index (κ1) is 16.7. The molecule has 20 heavy (non-hydrogen) atoms. The normalized spacial score (nSPS) is 19.1. The third-order valence-corrected chi connectivity index (χ3v) is 7.76. The van der Waals surface area contributed by atoms with Crippen molar-refractivity contribution in [1.82, 2.24) is 9.62 Å². The fraction of sp³-hybridized carbons (Fsp3) is 0.667. The molecule has 1 unspecified atom stereocenters. The quantitative estimate of drug-likeness (QED) is 0.823. The van der Waals surface area contributed by atoms with Gasteiger partial charge in [0, 0.05) is 12.6 Å². The number of sulfonamides is 1. The van der Waals surface area contributed by atoms with Crippen molar-refractivity contribution >= 4 is 48.9 Å². The van der Waals surface area contributed by atoms with Crippen LogP contribution in [-0.4, -0.2) is 39.0 Å². The van der Waals surface area contributed by atoms with Gasteiger partial charge in [0.25, 0.3) is 0 Å². The zero-order chi connectivity index (χ0) is 14.8. The Hall–Kier alpha value is 0.340. The molecule has 0 radical (unpaired) electrons. The van der Waals surface area contributed by atoms with E-state index in [9.17, 15) is 8.42 Å². The van der Waals surface area contributed by atoms with Crippen LogP contribution >= 0.6 is 38.9 Å². The topological polar surface area (TPSA) is 49.4 Å². The van der Waals surface area contributed by atoms with E-state index >= 15 is 0 Å². The minimum absolute atomic E-state index is 0.113. The van der Waals surface area contributed by atoms with Crippen LogP contribution in [0, 0.1) is 0 Å². The molecular weight excluding hydrogens is 384 g/mol. The summed E-state index contributed by atoms with van der Waals surface area (Å²) in [6, 6.07) is 1.37. The number of likely N-dealkylation sites (tertiary alicyclic amines) is 1. The zero-order valence-electron chi connectivity index (χ0n) is 11.2. The van der Waals surface area contributed by atoms with Gasteiger partial charge in [-0.3, -0.25) is 0 Å². The number of hydrogen-bond acceptors (Lipinski definition) is 4. The first-order valence-electron chi connectivity index (χ1n) is 6.58. The van der Waals surface area contributed by atoms with Crippen LogP contribution in [0.3, 0.4) is 0 Å². The molecule has 1 aromatic heterocycles. The van der Waals surface area contributed by atoms with Crippen LogP contribution in [0.2, 0.25) is 5.02 Å². The van der Waals surface area contributed by atoms with Gasteiger partial charge in [-0.25, -0.2) is 13.1 Å². The van der Waals surface area contributed by atoms with E-state index in [1.807, 2.05) is 6.92 Å². The summed E-state index contributed by atoms with van der Waals surface area (Å²) in [5.74, 6) is 0. The van der Waals surface area contributed by atoms with Gasteiger partial charge in [-0.05, 0) is 54.9 Å². The van der Waals surface area contributed by atoms with Crippen LogP contribution in [0.1, 0.15) is 26.2 Å². The molecule has 4 nitrogen and oxygen atoms in total. The predicted molar refractivity (Wildman–Crippen MR) is 87.1 cm³/mol. The van der Waals surface area contributed by atoms with Crippen molar-refractivity contribution in [2.45, 2.75) is 36.4 Å². The van der Waals surface area contributed by atoms with Gasteiger partial charge in [-0.2, -0.15) is 0 Å². The Bertz CT molecular complexity index is 536. The first-order valence-corrected chi connectivity index (χ1v) is 10.0. The minimum Gasteiger partial charge on any atom is -0.302 e. The van der Waals surface area contributed by atoms with Gasteiger partial charge in [0.1, 0.15) is 4.21 Å². The summed E-state index contributed by atoms with van der Waals surface area (Å²) in [5, 5.41) is 0.430. The molecule has 1 fully saturated rings.